The normalized spacial score (nSPS) is 11.8. The lowest BCUT2D eigenvalue weighted by Gasteiger charge is -2.22. The summed E-state index contributed by atoms with van der Waals surface area (Å²) in [7, 11) is 1.74. The molecule has 6 heteroatoms. The van der Waals surface area contributed by atoms with E-state index in [0.29, 0.717) is 16.9 Å². The van der Waals surface area contributed by atoms with Crippen LogP contribution in [0.2, 0.25) is 0 Å². The van der Waals surface area contributed by atoms with E-state index in [1.807, 2.05) is 64.1 Å². The summed E-state index contributed by atoms with van der Waals surface area (Å²) in [4.78, 5) is 35.6. The zero-order chi connectivity index (χ0) is 22.5. The van der Waals surface area contributed by atoms with Gasteiger partial charge in [-0.3, -0.25) is 19.6 Å². The third-order valence-corrected chi connectivity index (χ3v) is 5.15. The third kappa shape index (κ3) is 5.34. The van der Waals surface area contributed by atoms with Crippen molar-refractivity contribution < 1.29 is 9.59 Å². The number of amides is 2. The molecular formula is C25H28N4O2. The highest BCUT2D eigenvalue weighted by atomic mass is 16.2. The van der Waals surface area contributed by atoms with Gasteiger partial charge in [0.1, 0.15) is 0 Å². The van der Waals surface area contributed by atoms with Gasteiger partial charge >= 0.3 is 0 Å². The van der Waals surface area contributed by atoms with Gasteiger partial charge in [0.05, 0.1) is 17.9 Å². The van der Waals surface area contributed by atoms with Crippen LogP contribution < -0.4 is 10.2 Å². The van der Waals surface area contributed by atoms with E-state index in [0.717, 1.165) is 16.7 Å². The molecule has 3 aromatic rings. The van der Waals surface area contributed by atoms with Crippen molar-refractivity contribution in [2.75, 3.05) is 11.9 Å². The monoisotopic (exact) mass is 416 g/mol. The maximum Gasteiger partial charge on any atom is 0.251 e. The van der Waals surface area contributed by atoms with Crippen molar-refractivity contribution in [1.29, 1.82) is 0 Å². The second-order valence-electron chi connectivity index (χ2n) is 8.01. The number of aryl methyl sites for hydroxylation is 1. The highest BCUT2D eigenvalue weighted by molar-refractivity contribution is 6.00. The maximum absolute atomic E-state index is 13.1. The minimum atomic E-state index is -0.303. The minimum Gasteiger partial charge on any atom is -0.344 e. The quantitative estimate of drug-likeness (QED) is 0.639. The Kier molecular flexibility index (Phi) is 6.80. The predicted molar refractivity (Wildman–Crippen MR) is 123 cm³/mol. The highest BCUT2D eigenvalue weighted by Gasteiger charge is 2.19. The largest absolute Gasteiger partial charge is 0.344 e. The van der Waals surface area contributed by atoms with Gasteiger partial charge in [-0.25, -0.2) is 0 Å². The van der Waals surface area contributed by atoms with Gasteiger partial charge < -0.3 is 10.2 Å². The lowest BCUT2D eigenvalue weighted by atomic mass is 9.99. The molecule has 0 aliphatic carbocycles. The molecule has 1 N–H and O–H groups in total. The van der Waals surface area contributed by atoms with E-state index in [1.54, 1.807) is 36.6 Å². The number of hydrogen-bond donors (Lipinski definition) is 1. The molecule has 1 heterocycles. The van der Waals surface area contributed by atoms with Crippen LogP contribution in [0.3, 0.4) is 0 Å². The summed E-state index contributed by atoms with van der Waals surface area (Å²) in [5.74, 6) is -0.402. The number of hydrogen-bond acceptors (Lipinski definition) is 4. The van der Waals surface area contributed by atoms with E-state index >= 15 is 0 Å². The summed E-state index contributed by atoms with van der Waals surface area (Å²) in [6.07, 6.45) is 4.83. The topological polar surface area (TPSA) is 75.2 Å². The van der Waals surface area contributed by atoms with E-state index in [-0.39, 0.29) is 23.8 Å². The summed E-state index contributed by atoms with van der Waals surface area (Å²) in [6, 6.07) is 13.3. The summed E-state index contributed by atoms with van der Waals surface area (Å²) in [6.45, 7) is 7.61. The average molecular weight is 417 g/mol. The lowest BCUT2D eigenvalue weighted by molar-refractivity contribution is -0.121. The molecule has 2 amide bonds. The maximum atomic E-state index is 13.1. The van der Waals surface area contributed by atoms with E-state index in [1.165, 1.54) is 0 Å². The molecule has 2 aromatic carbocycles. The van der Waals surface area contributed by atoms with Crippen LogP contribution in [0.4, 0.5) is 5.69 Å². The first-order chi connectivity index (χ1) is 14.8. The summed E-state index contributed by atoms with van der Waals surface area (Å²) in [5.41, 5.74) is 4.84. The summed E-state index contributed by atoms with van der Waals surface area (Å²) >= 11 is 0. The van der Waals surface area contributed by atoms with Gasteiger partial charge in [0.15, 0.2) is 0 Å². The number of benzene rings is 2. The molecule has 1 atom stereocenters. The van der Waals surface area contributed by atoms with Crippen LogP contribution in [-0.2, 0) is 4.79 Å². The molecule has 1 unspecified atom stereocenters. The average Bonchev–Trinajstić information content (AvgIpc) is 2.78. The second kappa shape index (κ2) is 9.51. The van der Waals surface area contributed by atoms with Crippen molar-refractivity contribution >= 4 is 17.5 Å². The molecule has 1 aromatic heterocycles. The Balaban J connectivity index is 1.98. The number of rotatable bonds is 6. The summed E-state index contributed by atoms with van der Waals surface area (Å²) < 4.78 is 0. The first-order valence-electron chi connectivity index (χ1n) is 10.3. The van der Waals surface area contributed by atoms with Gasteiger partial charge in [0, 0.05) is 36.6 Å². The smallest absolute Gasteiger partial charge is 0.251 e. The Hall–Kier alpha value is -3.54. The molecular weight excluding hydrogens is 388 g/mol. The number of anilines is 1. The molecule has 0 spiro atoms. The molecule has 0 bridgehead atoms. The van der Waals surface area contributed by atoms with Crippen molar-refractivity contribution in [2.24, 2.45) is 5.92 Å². The van der Waals surface area contributed by atoms with Gasteiger partial charge in [-0.15, -0.1) is 0 Å². The Bertz CT molecular complexity index is 1060. The lowest BCUT2D eigenvalue weighted by Crippen LogP contribution is -2.31. The SMILES string of the molecule is Cc1ccc(-c2cc(C(=O)NC(C)c3cnccn3)cc(N(C)C(=O)C(C)C)c2)cc1. The molecule has 0 aliphatic heterocycles. The third-order valence-electron chi connectivity index (χ3n) is 5.15. The number of nitrogens with zero attached hydrogens (tertiary/aromatic N) is 3. The highest BCUT2D eigenvalue weighted by Crippen LogP contribution is 2.28. The number of aromatic nitrogens is 2. The molecule has 0 saturated carbocycles. The predicted octanol–water partition coefficient (Wildman–Crippen LogP) is 4.56. The van der Waals surface area contributed by atoms with Crippen LogP contribution in [0.1, 0.15) is 48.4 Å². The fourth-order valence-corrected chi connectivity index (χ4v) is 3.25. The number of carbonyl (C=O) groups is 2. The number of nitrogens with one attached hydrogen (secondary N) is 1. The Labute approximate surface area is 183 Å². The molecule has 0 fully saturated rings. The van der Waals surface area contributed by atoms with Crippen LogP contribution >= 0.6 is 0 Å². The molecule has 160 valence electrons. The second-order valence-corrected chi connectivity index (χ2v) is 8.01. The first-order valence-corrected chi connectivity index (χ1v) is 10.3. The molecule has 3 rings (SSSR count). The van der Waals surface area contributed by atoms with Gasteiger partial charge in [0.25, 0.3) is 5.91 Å². The van der Waals surface area contributed by atoms with Crippen LogP contribution in [0, 0.1) is 12.8 Å². The van der Waals surface area contributed by atoms with Gasteiger partial charge in [-0.1, -0.05) is 43.7 Å². The molecule has 0 radical (unpaired) electrons. The van der Waals surface area contributed by atoms with E-state index in [2.05, 4.69) is 15.3 Å². The van der Waals surface area contributed by atoms with Crippen molar-refractivity contribution in [2.45, 2.75) is 33.7 Å². The van der Waals surface area contributed by atoms with Gasteiger partial charge in [-0.2, -0.15) is 0 Å². The molecule has 0 saturated heterocycles. The van der Waals surface area contributed by atoms with Crippen molar-refractivity contribution in [3.8, 4) is 11.1 Å². The van der Waals surface area contributed by atoms with Crippen molar-refractivity contribution in [1.82, 2.24) is 15.3 Å². The first kappa shape index (κ1) is 22.2. The Morgan fingerprint density at radius 3 is 2.29 bits per heavy atom. The standard InChI is InChI=1S/C25H28N4O2/c1-16(2)25(31)29(5)22-13-20(19-8-6-17(3)7-9-19)12-21(14-22)24(30)28-18(4)23-15-26-10-11-27-23/h6-16,18H,1-5H3,(H,28,30). The fourth-order valence-electron chi connectivity index (χ4n) is 3.25. The van der Waals surface area contributed by atoms with Crippen LogP contribution in [0.25, 0.3) is 11.1 Å². The molecule has 0 aliphatic rings. The molecule has 6 nitrogen and oxygen atoms in total. The zero-order valence-corrected chi connectivity index (χ0v) is 18.6. The van der Waals surface area contributed by atoms with Crippen LogP contribution in [-0.4, -0.2) is 28.8 Å². The van der Waals surface area contributed by atoms with Crippen LogP contribution in [0.5, 0.6) is 0 Å². The van der Waals surface area contributed by atoms with E-state index in [9.17, 15) is 9.59 Å². The fraction of sp³-hybridized carbons (Fsp3) is 0.280. The van der Waals surface area contributed by atoms with Gasteiger partial charge in [0.2, 0.25) is 5.91 Å². The Morgan fingerprint density at radius 2 is 1.68 bits per heavy atom. The molecule has 31 heavy (non-hydrogen) atoms. The summed E-state index contributed by atoms with van der Waals surface area (Å²) in [5, 5.41) is 2.97. The Morgan fingerprint density at radius 1 is 0.968 bits per heavy atom. The minimum absolute atomic E-state index is 0.0136. The van der Waals surface area contributed by atoms with E-state index in [4.69, 9.17) is 0 Å². The van der Waals surface area contributed by atoms with E-state index < -0.39 is 0 Å². The number of carbonyl (C=O) groups excluding carboxylic acids is 2. The van der Waals surface area contributed by atoms with Gasteiger partial charge in [-0.05, 0) is 43.2 Å². The zero-order valence-electron chi connectivity index (χ0n) is 18.6. The van der Waals surface area contributed by atoms with Crippen molar-refractivity contribution in [3.05, 3.63) is 77.9 Å². The van der Waals surface area contributed by atoms with Crippen molar-refractivity contribution in [3.63, 3.8) is 0 Å². The van der Waals surface area contributed by atoms with Crippen LogP contribution in [0.15, 0.2) is 61.1 Å².